The molecule has 0 radical (unpaired) electrons. The summed E-state index contributed by atoms with van der Waals surface area (Å²) in [7, 11) is -4.07. The van der Waals surface area contributed by atoms with E-state index in [2.05, 4.69) is 6.58 Å². The lowest BCUT2D eigenvalue weighted by atomic mass is 10.1. The fourth-order valence-corrected chi connectivity index (χ4v) is 4.76. The van der Waals surface area contributed by atoms with Gasteiger partial charge in [-0.15, -0.1) is 11.6 Å². The number of β-lactam (4-membered cyclic amide) rings is 1. The van der Waals surface area contributed by atoms with Gasteiger partial charge >= 0.3 is 11.9 Å². The van der Waals surface area contributed by atoms with Crippen molar-refractivity contribution in [3.05, 3.63) is 22.8 Å². The number of nitrogens with zero attached hydrogens (tertiary/aromatic N) is 1. The molecule has 0 saturated carbocycles. The van der Waals surface area contributed by atoms with Gasteiger partial charge < -0.3 is 9.47 Å². The van der Waals surface area contributed by atoms with Gasteiger partial charge in [-0.05, 0) is 20.8 Å². The van der Waals surface area contributed by atoms with Crippen LogP contribution >= 0.6 is 11.6 Å². The van der Waals surface area contributed by atoms with E-state index in [-0.39, 0.29) is 11.3 Å². The molecule has 1 saturated heterocycles. The predicted octanol–water partition coefficient (Wildman–Crippen LogP) is 0.863. The second kappa shape index (κ2) is 6.14. The average Bonchev–Trinajstić information content (AvgIpc) is 2.45. The third-order valence-corrected chi connectivity index (χ3v) is 6.14. The Bertz CT molecular complexity index is 806. The number of fused-ring (bicyclic) bond motifs is 1. The summed E-state index contributed by atoms with van der Waals surface area (Å²) < 4.78 is 35.1. The van der Waals surface area contributed by atoms with Gasteiger partial charge in [0.2, 0.25) is 15.7 Å². The third kappa shape index (κ3) is 3.30. The van der Waals surface area contributed by atoms with Crippen molar-refractivity contribution in [3.8, 4) is 0 Å². The minimum absolute atomic E-state index is 0.197. The summed E-state index contributed by atoms with van der Waals surface area (Å²) in [6.07, 6.45) is 0. The van der Waals surface area contributed by atoms with Crippen LogP contribution in [0.4, 0.5) is 0 Å². The highest BCUT2D eigenvalue weighted by molar-refractivity contribution is 7.96. The maximum absolute atomic E-state index is 12.6. The minimum Gasteiger partial charge on any atom is -0.461 e. The molecule has 10 heteroatoms. The highest BCUT2D eigenvalue weighted by atomic mass is 35.5. The molecule has 1 amide bonds. The number of carbonyl (C=O) groups is 3. The van der Waals surface area contributed by atoms with E-state index in [0.717, 1.165) is 11.8 Å². The molecule has 8 nitrogen and oxygen atoms in total. The number of carbonyl (C=O) groups excluding carboxylic acids is 3. The average molecular weight is 392 g/mol. The second-order valence-corrected chi connectivity index (χ2v) is 9.11. The Morgan fingerprint density at radius 2 is 1.88 bits per heavy atom. The monoisotopic (exact) mass is 391 g/mol. The molecule has 2 aliphatic heterocycles. The summed E-state index contributed by atoms with van der Waals surface area (Å²) in [5.41, 5.74) is -1.40. The van der Waals surface area contributed by atoms with Crippen molar-refractivity contribution in [1.29, 1.82) is 0 Å². The highest BCUT2D eigenvalue weighted by Gasteiger charge is 2.61. The van der Waals surface area contributed by atoms with Crippen LogP contribution in [-0.2, 0) is 33.7 Å². The maximum atomic E-state index is 12.6. The van der Waals surface area contributed by atoms with Gasteiger partial charge in [0.1, 0.15) is 23.3 Å². The zero-order valence-electron chi connectivity index (χ0n) is 14.2. The molecule has 0 bridgehead atoms. The van der Waals surface area contributed by atoms with Gasteiger partial charge in [0.15, 0.2) is 5.37 Å². The molecule has 1 fully saturated rings. The van der Waals surface area contributed by atoms with Crippen LogP contribution in [0.1, 0.15) is 27.7 Å². The van der Waals surface area contributed by atoms with Crippen molar-refractivity contribution >= 4 is 39.3 Å². The summed E-state index contributed by atoms with van der Waals surface area (Å²) in [6, 6.07) is 0. The van der Waals surface area contributed by atoms with E-state index in [0.29, 0.717) is 0 Å². The number of sulfone groups is 1. The lowest BCUT2D eigenvalue weighted by Crippen LogP contribution is -2.68. The third-order valence-electron chi connectivity index (χ3n) is 3.51. The van der Waals surface area contributed by atoms with Crippen LogP contribution in [0.2, 0.25) is 0 Å². The molecule has 0 aliphatic carbocycles. The van der Waals surface area contributed by atoms with Crippen LogP contribution in [0.15, 0.2) is 22.8 Å². The first kappa shape index (κ1) is 19.5. The standard InChI is InChI=1S/C15H18ClNO7S/c1-7-9(6-23-8(2)18)11(14(20)24-15(3,4)5)17-12(19)10(16)13(17)25(7,21)22/h10,13H,1,6H2,2-5H3/t10-,13-/m0/s1. The largest absolute Gasteiger partial charge is 0.461 e. The van der Waals surface area contributed by atoms with E-state index in [1.807, 2.05) is 0 Å². The molecule has 0 aromatic heterocycles. The van der Waals surface area contributed by atoms with Crippen molar-refractivity contribution < 1.29 is 32.3 Å². The Kier molecular flexibility index (Phi) is 4.77. The molecule has 0 unspecified atom stereocenters. The van der Waals surface area contributed by atoms with Crippen molar-refractivity contribution in [3.63, 3.8) is 0 Å². The van der Waals surface area contributed by atoms with Gasteiger partial charge in [-0.25, -0.2) is 13.2 Å². The molecule has 138 valence electrons. The number of halogens is 1. The van der Waals surface area contributed by atoms with Crippen molar-refractivity contribution in [2.45, 2.75) is 44.0 Å². The zero-order chi connectivity index (χ0) is 19.3. The fourth-order valence-electron chi connectivity index (χ4n) is 2.43. The quantitative estimate of drug-likeness (QED) is 0.399. The van der Waals surface area contributed by atoms with Crippen LogP contribution in [0.5, 0.6) is 0 Å². The van der Waals surface area contributed by atoms with Crippen molar-refractivity contribution in [2.24, 2.45) is 0 Å². The molecule has 2 rings (SSSR count). The van der Waals surface area contributed by atoms with Gasteiger partial charge in [0.05, 0.1) is 4.91 Å². The van der Waals surface area contributed by atoms with Gasteiger partial charge in [0, 0.05) is 12.5 Å². The van der Waals surface area contributed by atoms with Crippen LogP contribution in [-0.4, -0.2) is 54.1 Å². The van der Waals surface area contributed by atoms with E-state index < -0.39 is 55.5 Å². The van der Waals surface area contributed by atoms with Gasteiger partial charge in [-0.3, -0.25) is 14.5 Å². The lowest BCUT2D eigenvalue weighted by molar-refractivity contribution is -0.157. The molecule has 0 N–H and O–H groups in total. The number of alkyl halides is 1. The molecular formula is C15H18ClNO7S. The SMILES string of the molecule is C=C1C(COC(C)=O)=C(C(=O)OC(C)(C)C)N2C(=O)[C@H](Cl)[C@@H]2S1(=O)=O. The summed E-state index contributed by atoms with van der Waals surface area (Å²) in [5.74, 6) is -2.36. The van der Waals surface area contributed by atoms with E-state index >= 15 is 0 Å². The number of rotatable bonds is 3. The maximum Gasteiger partial charge on any atom is 0.356 e. The Hall–Kier alpha value is -1.87. The van der Waals surface area contributed by atoms with Crippen molar-refractivity contribution in [2.75, 3.05) is 6.61 Å². The van der Waals surface area contributed by atoms with Crippen molar-refractivity contribution in [1.82, 2.24) is 4.90 Å². The smallest absolute Gasteiger partial charge is 0.356 e. The van der Waals surface area contributed by atoms with E-state index in [9.17, 15) is 22.8 Å². The summed E-state index contributed by atoms with van der Waals surface area (Å²) in [5, 5.41) is -2.76. The Morgan fingerprint density at radius 3 is 2.36 bits per heavy atom. The van der Waals surface area contributed by atoms with Crippen LogP contribution in [0.3, 0.4) is 0 Å². The minimum atomic E-state index is -4.07. The zero-order valence-corrected chi connectivity index (χ0v) is 15.7. The summed E-state index contributed by atoms with van der Waals surface area (Å²) >= 11 is 5.83. The van der Waals surface area contributed by atoms with Crippen LogP contribution < -0.4 is 0 Å². The first-order valence-corrected chi connectivity index (χ1v) is 9.27. The first-order chi connectivity index (χ1) is 11.3. The van der Waals surface area contributed by atoms with Gasteiger partial charge in [-0.1, -0.05) is 6.58 Å². The molecule has 2 aliphatic rings. The molecule has 0 aromatic rings. The van der Waals surface area contributed by atoms with Gasteiger partial charge in [-0.2, -0.15) is 0 Å². The Balaban J connectivity index is 2.60. The predicted molar refractivity (Wildman–Crippen MR) is 87.8 cm³/mol. The van der Waals surface area contributed by atoms with E-state index in [1.165, 1.54) is 0 Å². The number of hydrogen-bond donors (Lipinski definition) is 0. The van der Waals surface area contributed by atoms with E-state index in [1.54, 1.807) is 20.8 Å². The number of ether oxygens (including phenoxy) is 2. The molecule has 25 heavy (non-hydrogen) atoms. The highest BCUT2D eigenvalue weighted by Crippen LogP contribution is 2.44. The van der Waals surface area contributed by atoms with Crippen LogP contribution in [0, 0.1) is 0 Å². The van der Waals surface area contributed by atoms with E-state index in [4.69, 9.17) is 21.1 Å². The summed E-state index contributed by atoms with van der Waals surface area (Å²) in [4.78, 5) is 36.1. The topological polar surface area (TPSA) is 107 Å². The molecule has 2 heterocycles. The number of esters is 2. The Labute approximate surface area is 150 Å². The molecule has 0 aromatic carbocycles. The first-order valence-electron chi connectivity index (χ1n) is 7.29. The summed E-state index contributed by atoms with van der Waals surface area (Å²) in [6.45, 7) is 8.93. The molecule has 0 spiro atoms. The molecule has 2 atom stereocenters. The fraction of sp³-hybridized carbons (Fsp3) is 0.533. The molecular weight excluding hydrogens is 374 g/mol. The van der Waals surface area contributed by atoms with Gasteiger partial charge in [0.25, 0.3) is 0 Å². The normalized spacial score (nSPS) is 25.2. The van der Waals surface area contributed by atoms with Crippen LogP contribution in [0.25, 0.3) is 0 Å². The number of amides is 1. The second-order valence-electron chi connectivity index (χ2n) is 6.58. The lowest BCUT2D eigenvalue weighted by Gasteiger charge is -2.47. The number of hydrogen-bond acceptors (Lipinski definition) is 7. The Morgan fingerprint density at radius 1 is 1.32 bits per heavy atom.